The number of hydrogen-bond acceptors (Lipinski definition) is 2. The molecular formula is C5H5F3N2S. The van der Waals surface area contributed by atoms with Gasteiger partial charge in [-0.3, -0.25) is 0 Å². The van der Waals surface area contributed by atoms with E-state index in [4.69, 9.17) is 5.73 Å². The largest absolute Gasteiger partial charge is 0.446 e. The van der Waals surface area contributed by atoms with Gasteiger partial charge in [-0.05, 0) is 17.8 Å². The van der Waals surface area contributed by atoms with Crippen LogP contribution < -0.4 is 5.73 Å². The summed E-state index contributed by atoms with van der Waals surface area (Å²) in [6.07, 6.45) is 1.36. The van der Waals surface area contributed by atoms with Gasteiger partial charge in [0, 0.05) is 6.20 Å². The lowest BCUT2D eigenvalue weighted by Crippen LogP contribution is -1.99. The quantitative estimate of drug-likeness (QED) is 0.654. The first kappa shape index (κ1) is 8.32. The number of aromatic nitrogens is 1. The molecule has 62 valence electrons. The van der Waals surface area contributed by atoms with Crippen molar-refractivity contribution in [1.82, 2.24) is 4.98 Å². The van der Waals surface area contributed by atoms with Gasteiger partial charge in [0.1, 0.15) is 5.82 Å². The minimum Gasteiger partial charge on any atom is -0.384 e. The highest BCUT2D eigenvalue weighted by atomic mass is 32.2. The predicted molar refractivity (Wildman–Crippen MR) is 37.1 cm³/mol. The average Bonchev–Trinajstić information content (AvgIpc) is 2.12. The van der Waals surface area contributed by atoms with Gasteiger partial charge in [-0.1, -0.05) is 0 Å². The number of nitrogen functional groups attached to an aromatic ring is 1. The summed E-state index contributed by atoms with van der Waals surface area (Å²) in [4.78, 5) is 2.46. The van der Waals surface area contributed by atoms with Gasteiger partial charge in [-0.15, -0.1) is 0 Å². The van der Waals surface area contributed by atoms with Crippen LogP contribution in [0.4, 0.5) is 19.0 Å². The third-order valence-electron chi connectivity index (χ3n) is 0.965. The van der Waals surface area contributed by atoms with Crippen molar-refractivity contribution in [2.24, 2.45) is 0 Å². The SMILES string of the molecule is Nc1[nH]ccc1SC(F)(F)F. The molecule has 1 rings (SSSR count). The van der Waals surface area contributed by atoms with Crippen LogP contribution in [-0.2, 0) is 0 Å². The van der Waals surface area contributed by atoms with Crippen LogP contribution in [0.2, 0.25) is 0 Å². The molecule has 0 radical (unpaired) electrons. The number of H-pyrrole nitrogens is 1. The Kier molecular flexibility index (Phi) is 2.03. The van der Waals surface area contributed by atoms with Crippen molar-refractivity contribution in [3.05, 3.63) is 12.3 Å². The summed E-state index contributed by atoms with van der Waals surface area (Å²) < 4.78 is 35.1. The van der Waals surface area contributed by atoms with Crippen molar-refractivity contribution in [3.8, 4) is 0 Å². The molecule has 0 fully saturated rings. The first-order valence-electron chi connectivity index (χ1n) is 2.67. The monoisotopic (exact) mass is 182 g/mol. The predicted octanol–water partition coefficient (Wildman–Crippen LogP) is 2.21. The molecule has 0 aliphatic rings. The maximum absolute atomic E-state index is 11.7. The van der Waals surface area contributed by atoms with Crippen molar-refractivity contribution >= 4 is 17.6 Å². The number of rotatable bonds is 1. The summed E-state index contributed by atoms with van der Waals surface area (Å²) in [5.74, 6) is 0.0484. The van der Waals surface area contributed by atoms with Gasteiger partial charge in [0.2, 0.25) is 0 Å². The van der Waals surface area contributed by atoms with Crippen molar-refractivity contribution in [2.45, 2.75) is 10.4 Å². The van der Waals surface area contributed by atoms with Crippen LogP contribution in [0, 0.1) is 0 Å². The lowest BCUT2D eigenvalue weighted by Gasteiger charge is -2.03. The first-order chi connectivity index (χ1) is 4.99. The van der Waals surface area contributed by atoms with E-state index in [2.05, 4.69) is 4.98 Å². The van der Waals surface area contributed by atoms with Crippen molar-refractivity contribution in [1.29, 1.82) is 0 Å². The zero-order valence-electron chi connectivity index (χ0n) is 5.27. The molecule has 0 saturated carbocycles. The van der Waals surface area contributed by atoms with Crippen LogP contribution in [-0.4, -0.2) is 10.5 Å². The lowest BCUT2D eigenvalue weighted by molar-refractivity contribution is -0.0327. The molecule has 1 heterocycles. The molecule has 0 aliphatic carbocycles. The second-order valence-electron chi connectivity index (χ2n) is 1.80. The number of nitrogens with two attached hydrogens (primary N) is 1. The molecule has 1 aromatic rings. The van der Waals surface area contributed by atoms with E-state index in [0.717, 1.165) is 0 Å². The van der Waals surface area contributed by atoms with Crippen LogP contribution in [0.5, 0.6) is 0 Å². The van der Waals surface area contributed by atoms with Crippen molar-refractivity contribution in [3.63, 3.8) is 0 Å². The van der Waals surface area contributed by atoms with E-state index in [9.17, 15) is 13.2 Å². The Hall–Kier alpha value is -0.780. The van der Waals surface area contributed by atoms with Crippen LogP contribution in [0.1, 0.15) is 0 Å². The third-order valence-corrected chi connectivity index (χ3v) is 1.77. The molecule has 2 nitrogen and oxygen atoms in total. The topological polar surface area (TPSA) is 41.8 Å². The Labute approximate surface area is 65.0 Å². The molecule has 0 saturated heterocycles. The highest BCUT2D eigenvalue weighted by molar-refractivity contribution is 8.00. The van der Waals surface area contributed by atoms with Gasteiger partial charge in [0.25, 0.3) is 0 Å². The number of hydrogen-bond donors (Lipinski definition) is 2. The molecule has 0 spiro atoms. The summed E-state index contributed by atoms with van der Waals surface area (Å²) in [5, 5.41) is 0. The highest BCUT2D eigenvalue weighted by Crippen LogP contribution is 2.38. The van der Waals surface area contributed by atoms with Crippen LogP contribution in [0.25, 0.3) is 0 Å². The van der Waals surface area contributed by atoms with Crippen LogP contribution in [0.15, 0.2) is 17.2 Å². The maximum atomic E-state index is 11.7. The first-order valence-corrected chi connectivity index (χ1v) is 3.49. The van der Waals surface area contributed by atoms with E-state index in [1.807, 2.05) is 0 Å². The molecule has 0 aromatic carbocycles. The molecule has 1 aromatic heterocycles. The van der Waals surface area contributed by atoms with Gasteiger partial charge in [0.05, 0.1) is 4.90 Å². The molecule has 11 heavy (non-hydrogen) atoms. The van der Waals surface area contributed by atoms with Gasteiger partial charge in [-0.2, -0.15) is 13.2 Å². The number of alkyl halides is 3. The summed E-state index contributed by atoms with van der Waals surface area (Å²) in [5.41, 5.74) is 0.904. The number of nitrogens with one attached hydrogen (secondary N) is 1. The number of halogens is 3. The number of thioether (sulfide) groups is 1. The van der Waals surface area contributed by atoms with Gasteiger partial charge >= 0.3 is 5.51 Å². The van der Waals surface area contributed by atoms with Crippen molar-refractivity contribution < 1.29 is 13.2 Å². The number of aromatic amines is 1. The summed E-state index contributed by atoms with van der Waals surface area (Å²) >= 11 is -0.222. The van der Waals surface area contributed by atoms with E-state index in [-0.39, 0.29) is 22.5 Å². The van der Waals surface area contributed by atoms with Crippen molar-refractivity contribution in [2.75, 3.05) is 5.73 Å². The fraction of sp³-hybridized carbons (Fsp3) is 0.200. The Bertz CT molecular complexity index is 242. The summed E-state index contributed by atoms with van der Waals surface area (Å²) in [7, 11) is 0. The molecule has 3 N–H and O–H groups in total. The molecule has 0 aliphatic heterocycles. The Morgan fingerprint density at radius 3 is 2.45 bits per heavy atom. The smallest absolute Gasteiger partial charge is 0.384 e. The Morgan fingerprint density at radius 2 is 2.09 bits per heavy atom. The summed E-state index contributed by atoms with van der Waals surface area (Å²) in [6.45, 7) is 0. The second kappa shape index (κ2) is 2.69. The van der Waals surface area contributed by atoms with Gasteiger partial charge in [-0.25, -0.2) is 0 Å². The van der Waals surface area contributed by atoms with Gasteiger partial charge in [0.15, 0.2) is 0 Å². The van der Waals surface area contributed by atoms with E-state index in [1.165, 1.54) is 12.3 Å². The fourth-order valence-corrected chi connectivity index (χ4v) is 1.14. The molecule has 0 amide bonds. The number of anilines is 1. The minimum atomic E-state index is -4.27. The van der Waals surface area contributed by atoms with E-state index in [0.29, 0.717) is 0 Å². The fourth-order valence-electron chi connectivity index (χ4n) is 0.582. The van der Waals surface area contributed by atoms with Gasteiger partial charge < -0.3 is 10.7 Å². The molecular weight excluding hydrogens is 177 g/mol. The third kappa shape index (κ3) is 2.38. The summed E-state index contributed by atoms with van der Waals surface area (Å²) in [6, 6.07) is 1.29. The highest BCUT2D eigenvalue weighted by Gasteiger charge is 2.30. The van der Waals surface area contributed by atoms with Crippen LogP contribution in [0.3, 0.4) is 0 Å². The second-order valence-corrected chi connectivity index (χ2v) is 2.91. The average molecular weight is 182 g/mol. The Morgan fingerprint density at radius 1 is 1.45 bits per heavy atom. The zero-order chi connectivity index (χ0) is 8.48. The standard InChI is InChI=1S/C5H5F3N2S/c6-5(7,8)11-3-1-2-10-4(3)9/h1-2,10H,9H2. The molecule has 0 atom stereocenters. The maximum Gasteiger partial charge on any atom is 0.446 e. The minimum absolute atomic E-state index is 0.0116. The Balaban J connectivity index is 2.72. The normalized spacial score (nSPS) is 11.9. The van der Waals surface area contributed by atoms with E-state index in [1.54, 1.807) is 0 Å². The molecule has 6 heteroatoms. The molecule has 0 bridgehead atoms. The zero-order valence-corrected chi connectivity index (χ0v) is 6.09. The molecule has 0 unspecified atom stereocenters. The van der Waals surface area contributed by atoms with E-state index >= 15 is 0 Å². The van der Waals surface area contributed by atoms with E-state index < -0.39 is 5.51 Å². The lowest BCUT2D eigenvalue weighted by atomic mass is 10.6. The van der Waals surface area contributed by atoms with Crippen LogP contribution >= 0.6 is 11.8 Å².